The Hall–Kier alpha value is -1.62. The number of likely N-dealkylation sites (tertiary alicyclic amines) is 1. The first-order chi connectivity index (χ1) is 10.4. The number of rotatable bonds is 4. The molecule has 1 amide bonds. The predicted octanol–water partition coefficient (Wildman–Crippen LogP) is 2.82. The summed E-state index contributed by atoms with van der Waals surface area (Å²) in [5, 5.41) is 3.48. The lowest BCUT2D eigenvalue weighted by atomic mass is 9.97. The second-order valence-electron chi connectivity index (χ2n) is 6.90. The number of aromatic nitrogens is 1. The van der Waals surface area contributed by atoms with Crippen LogP contribution in [0.1, 0.15) is 39.2 Å². The van der Waals surface area contributed by atoms with E-state index in [0.29, 0.717) is 5.92 Å². The fourth-order valence-electron chi connectivity index (χ4n) is 2.57. The van der Waals surface area contributed by atoms with E-state index >= 15 is 0 Å². The number of pyridine rings is 1. The molecule has 0 bridgehead atoms. The third-order valence-corrected chi connectivity index (χ3v) is 3.75. The number of carbonyl (C=O) groups excluding carboxylic acids is 1. The Kier molecular flexibility index (Phi) is 5.77. The fourth-order valence-corrected chi connectivity index (χ4v) is 2.57. The molecule has 0 aromatic carbocycles. The maximum atomic E-state index is 12.0. The van der Waals surface area contributed by atoms with E-state index in [4.69, 9.17) is 4.74 Å². The van der Waals surface area contributed by atoms with Crippen LogP contribution in [0.3, 0.4) is 0 Å². The molecule has 5 nitrogen and oxygen atoms in total. The summed E-state index contributed by atoms with van der Waals surface area (Å²) in [5.74, 6) is 0.621. The van der Waals surface area contributed by atoms with Crippen molar-refractivity contribution in [3.63, 3.8) is 0 Å². The summed E-state index contributed by atoms with van der Waals surface area (Å²) < 4.78 is 5.42. The number of piperidine rings is 1. The summed E-state index contributed by atoms with van der Waals surface area (Å²) in [6.07, 6.45) is 5.54. The predicted molar refractivity (Wildman–Crippen MR) is 86.5 cm³/mol. The number of hydrogen-bond donors (Lipinski definition) is 1. The zero-order chi connectivity index (χ0) is 16.0. The van der Waals surface area contributed by atoms with Crippen molar-refractivity contribution in [2.75, 3.05) is 19.6 Å². The molecule has 22 heavy (non-hydrogen) atoms. The van der Waals surface area contributed by atoms with Crippen molar-refractivity contribution < 1.29 is 9.53 Å². The highest BCUT2D eigenvalue weighted by atomic mass is 16.6. The van der Waals surface area contributed by atoms with Gasteiger partial charge in [0.1, 0.15) is 5.60 Å². The first kappa shape index (κ1) is 16.7. The van der Waals surface area contributed by atoms with Crippen LogP contribution in [0.5, 0.6) is 0 Å². The van der Waals surface area contributed by atoms with E-state index in [2.05, 4.69) is 16.4 Å². The van der Waals surface area contributed by atoms with Crippen LogP contribution in [0, 0.1) is 5.92 Å². The molecule has 0 radical (unpaired) electrons. The molecule has 1 fully saturated rings. The normalized spacial score (nSPS) is 16.6. The number of ether oxygens (including phenoxy) is 1. The lowest BCUT2D eigenvalue weighted by Gasteiger charge is -2.33. The minimum atomic E-state index is -0.417. The van der Waals surface area contributed by atoms with Crippen molar-refractivity contribution in [1.29, 1.82) is 0 Å². The van der Waals surface area contributed by atoms with Crippen molar-refractivity contribution >= 4 is 6.09 Å². The second-order valence-corrected chi connectivity index (χ2v) is 6.90. The molecule has 5 heteroatoms. The average molecular weight is 305 g/mol. The summed E-state index contributed by atoms with van der Waals surface area (Å²) in [6.45, 7) is 9.11. The van der Waals surface area contributed by atoms with Gasteiger partial charge in [-0.1, -0.05) is 6.07 Å². The molecule has 1 aromatic heterocycles. The monoisotopic (exact) mass is 305 g/mol. The van der Waals surface area contributed by atoms with E-state index in [0.717, 1.165) is 39.0 Å². The number of amides is 1. The Balaban J connectivity index is 1.66. The van der Waals surface area contributed by atoms with E-state index in [1.54, 1.807) is 6.20 Å². The summed E-state index contributed by atoms with van der Waals surface area (Å²) in [5.41, 5.74) is 0.785. The van der Waals surface area contributed by atoms with Crippen LogP contribution in [0.2, 0.25) is 0 Å². The number of hydrogen-bond acceptors (Lipinski definition) is 4. The van der Waals surface area contributed by atoms with Gasteiger partial charge in [-0.3, -0.25) is 4.98 Å². The molecular formula is C17H27N3O2. The molecule has 1 aliphatic rings. The zero-order valence-electron chi connectivity index (χ0n) is 13.8. The molecule has 1 aromatic rings. The molecule has 0 aliphatic carbocycles. The van der Waals surface area contributed by atoms with Gasteiger partial charge < -0.3 is 15.0 Å². The van der Waals surface area contributed by atoms with Gasteiger partial charge in [0.05, 0.1) is 0 Å². The Morgan fingerprint density at radius 2 is 2.14 bits per heavy atom. The Morgan fingerprint density at radius 3 is 2.73 bits per heavy atom. The Bertz CT molecular complexity index is 463. The van der Waals surface area contributed by atoms with E-state index in [9.17, 15) is 4.79 Å². The zero-order valence-corrected chi connectivity index (χ0v) is 13.8. The van der Waals surface area contributed by atoms with Gasteiger partial charge in [-0.15, -0.1) is 0 Å². The van der Waals surface area contributed by atoms with Gasteiger partial charge in [0.25, 0.3) is 0 Å². The molecule has 1 aliphatic heterocycles. The van der Waals surface area contributed by atoms with Gasteiger partial charge in [0.15, 0.2) is 0 Å². The van der Waals surface area contributed by atoms with Gasteiger partial charge in [0, 0.05) is 32.0 Å². The third kappa shape index (κ3) is 5.64. The SMILES string of the molecule is CC(C)(C)OC(=O)N1CCC(CNCc2cccnc2)CC1. The van der Waals surface area contributed by atoms with Gasteiger partial charge >= 0.3 is 6.09 Å². The summed E-state index contributed by atoms with van der Waals surface area (Å²) in [7, 11) is 0. The van der Waals surface area contributed by atoms with Crippen LogP contribution < -0.4 is 5.32 Å². The summed E-state index contributed by atoms with van der Waals surface area (Å²) in [4.78, 5) is 17.9. The summed E-state index contributed by atoms with van der Waals surface area (Å²) in [6, 6.07) is 4.03. The fraction of sp³-hybridized carbons (Fsp3) is 0.647. The lowest BCUT2D eigenvalue weighted by Crippen LogP contribution is -2.43. The highest BCUT2D eigenvalue weighted by molar-refractivity contribution is 5.68. The lowest BCUT2D eigenvalue weighted by molar-refractivity contribution is 0.0184. The van der Waals surface area contributed by atoms with Gasteiger partial charge in [-0.25, -0.2) is 4.79 Å². The van der Waals surface area contributed by atoms with Crippen LogP contribution in [0.4, 0.5) is 4.79 Å². The van der Waals surface area contributed by atoms with Crippen molar-refractivity contribution in [1.82, 2.24) is 15.2 Å². The molecule has 1 N–H and O–H groups in total. The second kappa shape index (κ2) is 7.58. The van der Waals surface area contributed by atoms with Gasteiger partial charge in [0.2, 0.25) is 0 Å². The number of nitrogens with zero attached hydrogens (tertiary/aromatic N) is 2. The van der Waals surface area contributed by atoms with Crippen molar-refractivity contribution in [3.05, 3.63) is 30.1 Å². The Morgan fingerprint density at radius 1 is 1.41 bits per heavy atom. The standard InChI is InChI=1S/C17H27N3O2/c1-17(2,3)22-16(21)20-9-6-14(7-10-20)11-19-13-15-5-4-8-18-12-15/h4-5,8,12,14,19H,6-7,9-11,13H2,1-3H3. The van der Waals surface area contributed by atoms with Crippen LogP contribution in [0.15, 0.2) is 24.5 Å². The highest BCUT2D eigenvalue weighted by Gasteiger charge is 2.26. The van der Waals surface area contributed by atoms with Crippen LogP contribution >= 0.6 is 0 Å². The molecule has 0 atom stereocenters. The van der Waals surface area contributed by atoms with Gasteiger partial charge in [-0.2, -0.15) is 0 Å². The maximum absolute atomic E-state index is 12.0. The maximum Gasteiger partial charge on any atom is 0.410 e. The molecule has 122 valence electrons. The van der Waals surface area contributed by atoms with Gasteiger partial charge in [-0.05, 0) is 57.7 Å². The van der Waals surface area contributed by atoms with Crippen molar-refractivity contribution in [2.45, 2.75) is 45.8 Å². The quantitative estimate of drug-likeness (QED) is 0.929. The molecule has 0 unspecified atom stereocenters. The molecule has 2 heterocycles. The minimum absolute atomic E-state index is 0.186. The average Bonchev–Trinajstić information content (AvgIpc) is 2.47. The molecular weight excluding hydrogens is 278 g/mol. The third-order valence-electron chi connectivity index (χ3n) is 3.75. The van der Waals surface area contributed by atoms with Crippen LogP contribution in [-0.2, 0) is 11.3 Å². The summed E-state index contributed by atoms with van der Waals surface area (Å²) >= 11 is 0. The topological polar surface area (TPSA) is 54.5 Å². The number of carbonyl (C=O) groups is 1. The van der Waals surface area contributed by atoms with E-state index in [1.807, 2.05) is 37.9 Å². The van der Waals surface area contributed by atoms with E-state index < -0.39 is 5.60 Å². The molecule has 1 saturated heterocycles. The van der Waals surface area contributed by atoms with Crippen molar-refractivity contribution in [3.8, 4) is 0 Å². The molecule has 0 saturated carbocycles. The smallest absolute Gasteiger partial charge is 0.410 e. The van der Waals surface area contributed by atoms with Crippen molar-refractivity contribution in [2.24, 2.45) is 5.92 Å². The van der Waals surface area contributed by atoms with Crippen LogP contribution in [0.25, 0.3) is 0 Å². The Labute approximate surface area is 133 Å². The largest absolute Gasteiger partial charge is 0.444 e. The minimum Gasteiger partial charge on any atom is -0.444 e. The highest BCUT2D eigenvalue weighted by Crippen LogP contribution is 2.19. The van der Waals surface area contributed by atoms with E-state index in [1.165, 1.54) is 5.56 Å². The molecule has 2 rings (SSSR count). The van der Waals surface area contributed by atoms with Crippen LogP contribution in [-0.4, -0.2) is 41.2 Å². The first-order valence-electron chi connectivity index (χ1n) is 8.01. The van der Waals surface area contributed by atoms with E-state index in [-0.39, 0.29) is 6.09 Å². The first-order valence-corrected chi connectivity index (χ1v) is 8.01. The molecule has 0 spiro atoms. The number of nitrogens with one attached hydrogen (secondary N) is 1.